The normalized spacial score (nSPS) is 11.1. The predicted octanol–water partition coefficient (Wildman–Crippen LogP) is 7.48. The van der Waals surface area contributed by atoms with E-state index < -0.39 is 5.97 Å². The zero-order chi connectivity index (χ0) is 24.3. The predicted molar refractivity (Wildman–Crippen MR) is 137 cm³/mol. The van der Waals surface area contributed by atoms with Crippen LogP contribution in [0.25, 0.3) is 34.3 Å². The van der Waals surface area contributed by atoms with Crippen molar-refractivity contribution in [2.24, 2.45) is 0 Å². The van der Waals surface area contributed by atoms with Gasteiger partial charge in [-0.2, -0.15) is 0 Å². The van der Waals surface area contributed by atoms with E-state index >= 15 is 0 Å². The molecule has 0 amide bonds. The Balaban J connectivity index is 0.000000406. The lowest BCUT2D eigenvalue weighted by molar-refractivity contribution is -0.131. The first-order valence-corrected chi connectivity index (χ1v) is 11.3. The fourth-order valence-electron chi connectivity index (χ4n) is 3.05. The van der Waals surface area contributed by atoms with Crippen LogP contribution in [0.1, 0.15) is 16.1 Å². The number of hydrogen-bond donors (Lipinski definition) is 1. The van der Waals surface area contributed by atoms with Gasteiger partial charge in [-0.3, -0.25) is 0 Å². The van der Waals surface area contributed by atoms with Gasteiger partial charge in [0.1, 0.15) is 0 Å². The smallest absolute Gasteiger partial charge is 0.331 e. The van der Waals surface area contributed by atoms with Gasteiger partial charge in [-0.25, -0.2) is 14.2 Å². The van der Waals surface area contributed by atoms with Crippen molar-refractivity contribution in [2.45, 2.75) is 6.92 Å². The van der Waals surface area contributed by atoms with Gasteiger partial charge in [0.05, 0.1) is 25.1 Å². The molecule has 0 fully saturated rings. The minimum Gasteiger partial charge on any atom is -0.504 e. The number of carboxylic acids is 1. The van der Waals surface area contributed by atoms with E-state index in [0.717, 1.165) is 40.3 Å². The molecule has 1 N–H and O–H groups in total. The highest BCUT2D eigenvalue weighted by molar-refractivity contribution is 7.11. The van der Waals surface area contributed by atoms with E-state index in [2.05, 4.69) is 34.0 Å². The van der Waals surface area contributed by atoms with E-state index in [1.54, 1.807) is 6.08 Å². The van der Waals surface area contributed by atoms with Gasteiger partial charge >= 0.3 is 5.97 Å². The summed E-state index contributed by atoms with van der Waals surface area (Å²) in [6.45, 7) is 1.97. The SMILES string of the molecule is COC=CC(=O)O.Cc1ccccc1C=C(F)c1nc(-c2ccc(-c3ccccc3)cc2)cs1. The Kier molecular flexibility index (Phi) is 8.88. The number of benzene rings is 3. The number of aliphatic carboxylic acids is 1. The molecule has 3 aromatic carbocycles. The molecular formula is C28H24FNO3S. The van der Waals surface area contributed by atoms with Gasteiger partial charge in [-0.05, 0) is 35.3 Å². The number of nitrogens with zero attached hydrogens (tertiary/aromatic N) is 1. The monoisotopic (exact) mass is 473 g/mol. The molecular weight excluding hydrogens is 449 g/mol. The molecule has 0 bridgehead atoms. The summed E-state index contributed by atoms with van der Waals surface area (Å²) >= 11 is 1.32. The number of thiazole rings is 1. The molecule has 34 heavy (non-hydrogen) atoms. The molecule has 172 valence electrons. The highest BCUT2D eigenvalue weighted by Gasteiger charge is 2.10. The Morgan fingerprint density at radius 3 is 2.18 bits per heavy atom. The summed E-state index contributed by atoms with van der Waals surface area (Å²) in [5.74, 6) is -1.30. The third kappa shape index (κ3) is 6.98. The van der Waals surface area contributed by atoms with Crippen molar-refractivity contribution in [3.8, 4) is 22.4 Å². The first kappa shape index (κ1) is 24.6. The average Bonchev–Trinajstić information content (AvgIpc) is 3.36. The van der Waals surface area contributed by atoms with Gasteiger partial charge in [0.25, 0.3) is 0 Å². The molecule has 0 atom stereocenters. The van der Waals surface area contributed by atoms with E-state index in [0.29, 0.717) is 5.01 Å². The van der Waals surface area contributed by atoms with Gasteiger partial charge in [0.15, 0.2) is 10.8 Å². The second-order valence-corrected chi connectivity index (χ2v) is 8.06. The van der Waals surface area contributed by atoms with Crippen molar-refractivity contribution in [1.29, 1.82) is 0 Å². The maximum Gasteiger partial charge on any atom is 0.331 e. The van der Waals surface area contributed by atoms with E-state index in [1.807, 2.05) is 66.9 Å². The fourth-order valence-corrected chi connectivity index (χ4v) is 3.79. The summed E-state index contributed by atoms with van der Waals surface area (Å²) in [4.78, 5) is 14.1. The lowest BCUT2D eigenvalue weighted by Gasteiger charge is -2.03. The van der Waals surface area contributed by atoms with Gasteiger partial charge in [-0.15, -0.1) is 11.3 Å². The van der Waals surface area contributed by atoms with Crippen molar-refractivity contribution in [1.82, 2.24) is 4.98 Å². The molecule has 1 heterocycles. The van der Waals surface area contributed by atoms with Crippen LogP contribution in [0.2, 0.25) is 0 Å². The standard InChI is InChI=1S/C24H18FNS.C4H6O3/c1-17-7-5-6-10-21(17)15-22(25)24-26-23(16-27-24)20-13-11-19(12-14-20)18-8-3-2-4-9-18;1-7-3-2-4(5)6/h2-16H,1H3;2-3H,1H3,(H,5,6). The molecule has 6 heteroatoms. The third-order valence-electron chi connectivity index (χ3n) is 4.81. The summed E-state index contributed by atoms with van der Waals surface area (Å²) in [7, 11) is 1.39. The molecule has 1 aromatic heterocycles. The summed E-state index contributed by atoms with van der Waals surface area (Å²) in [6.07, 6.45) is 3.57. The molecule has 4 rings (SSSR count). The summed E-state index contributed by atoms with van der Waals surface area (Å²) in [6, 6.07) is 26.2. The number of methoxy groups -OCH3 is 1. The van der Waals surface area contributed by atoms with Gasteiger partial charge in [0, 0.05) is 10.9 Å². The van der Waals surface area contributed by atoms with Gasteiger partial charge in [-0.1, -0.05) is 78.9 Å². The Morgan fingerprint density at radius 1 is 0.941 bits per heavy atom. The molecule has 0 radical (unpaired) electrons. The van der Waals surface area contributed by atoms with E-state index in [4.69, 9.17) is 5.11 Å². The summed E-state index contributed by atoms with van der Waals surface area (Å²) in [5.41, 5.74) is 6.03. The Morgan fingerprint density at radius 2 is 1.56 bits per heavy atom. The van der Waals surface area contributed by atoms with Crippen LogP contribution in [0, 0.1) is 6.92 Å². The summed E-state index contributed by atoms with van der Waals surface area (Å²) in [5, 5.41) is 10.2. The fraction of sp³-hybridized carbons (Fsp3) is 0.0714. The Labute approximate surface area is 202 Å². The maximum atomic E-state index is 14.6. The molecule has 0 saturated heterocycles. The largest absolute Gasteiger partial charge is 0.504 e. The Bertz CT molecular complexity index is 1280. The van der Waals surface area contributed by atoms with Crippen LogP contribution in [-0.2, 0) is 9.53 Å². The van der Waals surface area contributed by atoms with Crippen molar-refractivity contribution >= 4 is 29.2 Å². The number of halogens is 1. The molecule has 0 aliphatic rings. The first-order valence-electron chi connectivity index (χ1n) is 10.4. The van der Waals surface area contributed by atoms with Crippen LogP contribution in [0.15, 0.2) is 96.6 Å². The van der Waals surface area contributed by atoms with Crippen molar-refractivity contribution in [3.05, 3.63) is 113 Å². The average molecular weight is 474 g/mol. The maximum absolute atomic E-state index is 14.6. The second kappa shape index (κ2) is 12.3. The van der Waals surface area contributed by atoms with Gasteiger partial charge < -0.3 is 9.84 Å². The highest BCUT2D eigenvalue weighted by atomic mass is 32.1. The number of carboxylic acid groups (broad SMARTS) is 1. The van der Waals surface area contributed by atoms with Crippen LogP contribution in [0.3, 0.4) is 0 Å². The van der Waals surface area contributed by atoms with Crippen LogP contribution >= 0.6 is 11.3 Å². The lowest BCUT2D eigenvalue weighted by Crippen LogP contribution is -1.85. The van der Waals surface area contributed by atoms with Crippen LogP contribution < -0.4 is 0 Å². The van der Waals surface area contributed by atoms with E-state index in [9.17, 15) is 9.18 Å². The highest BCUT2D eigenvalue weighted by Crippen LogP contribution is 2.30. The second-order valence-electron chi connectivity index (χ2n) is 7.21. The van der Waals surface area contributed by atoms with Crippen LogP contribution in [0.5, 0.6) is 0 Å². The molecule has 0 unspecified atom stereocenters. The lowest BCUT2D eigenvalue weighted by atomic mass is 10.0. The Hall–Kier alpha value is -4.03. The number of hydrogen-bond acceptors (Lipinski definition) is 4. The topological polar surface area (TPSA) is 59.4 Å². The summed E-state index contributed by atoms with van der Waals surface area (Å²) < 4.78 is 18.9. The number of aryl methyl sites for hydroxylation is 1. The van der Waals surface area contributed by atoms with Gasteiger partial charge in [0.2, 0.25) is 0 Å². The molecule has 0 saturated carbocycles. The third-order valence-corrected chi connectivity index (χ3v) is 5.66. The molecule has 4 nitrogen and oxygen atoms in total. The van der Waals surface area contributed by atoms with E-state index in [1.165, 1.54) is 24.0 Å². The number of carbonyl (C=O) groups is 1. The minimum atomic E-state index is -0.998. The van der Waals surface area contributed by atoms with Crippen molar-refractivity contribution in [2.75, 3.05) is 7.11 Å². The zero-order valence-corrected chi connectivity index (χ0v) is 19.6. The van der Waals surface area contributed by atoms with Crippen molar-refractivity contribution < 1.29 is 19.0 Å². The van der Waals surface area contributed by atoms with Crippen LogP contribution in [-0.4, -0.2) is 23.2 Å². The van der Waals surface area contributed by atoms with Crippen LogP contribution in [0.4, 0.5) is 4.39 Å². The molecule has 0 aliphatic heterocycles. The van der Waals surface area contributed by atoms with E-state index in [-0.39, 0.29) is 5.83 Å². The molecule has 0 aliphatic carbocycles. The number of rotatable bonds is 6. The molecule has 0 spiro atoms. The number of ether oxygens (including phenoxy) is 1. The number of aromatic nitrogens is 1. The quantitative estimate of drug-likeness (QED) is 0.233. The zero-order valence-electron chi connectivity index (χ0n) is 18.8. The minimum absolute atomic E-state index is 0.304. The molecule has 4 aromatic rings. The van der Waals surface area contributed by atoms with Crippen molar-refractivity contribution in [3.63, 3.8) is 0 Å². The first-order chi connectivity index (χ1) is 16.5.